The summed E-state index contributed by atoms with van der Waals surface area (Å²) in [5.74, 6) is 2.18. The quantitative estimate of drug-likeness (QED) is 0.583. The van der Waals surface area contributed by atoms with Crippen molar-refractivity contribution in [2.75, 3.05) is 13.2 Å². The Bertz CT molecular complexity index is 748. The van der Waals surface area contributed by atoms with Crippen molar-refractivity contribution in [2.45, 2.75) is 6.42 Å². The normalized spacial score (nSPS) is 10.4. The van der Waals surface area contributed by atoms with Crippen LogP contribution in [0.2, 0.25) is 5.02 Å². The summed E-state index contributed by atoms with van der Waals surface area (Å²) in [6, 6.07) is 14.7. The van der Waals surface area contributed by atoms with Gasteiger partial charge in [0.25, 0.3) is 0 Å². The fraction of sp³-hybridized carbons (Fsp3) is 0.176. The Kier molecular flexibility index (Phi) is 5.52. The average molecular weight is 346 g/mol. The largest absolute Gasteiger partial charge is 0.493 e. The number of halogens is 1. The van der Waals surface area contributed by atoms with Crippen LogP contribution in [0.3, 0.4) is 0 Å². The van der Waals surface area contributed by atoms with E-state index >= 15 is 0 Å². The summed E-state index contributed by atoms with van der Waals surface area (Å²) in [5.41, 5.74) is 0. The highest BCUT2D eigenvalue weighted by atomic mass is 35.5. The van der Waals surface area contributed by atoms with E-state index in [0.717, 1.165) is 17.9 Å². The van der Waals surface area contributed by atoms with Crippen molar-refractivity contribution in [3.05, 3.63) is 65.9 Å². The van der Waals surface area contributed by atoms with Crippen LogP contribution in [0, 0.1) is 0 Å². The van der Waals surface area contributed by atoms with Gasteiger partial charge in [0.2, 0.25) is 0 Å². The van der Waals surface area contributed by atoms with E-state index in [1.54, 1.807) is 24.5 Å². The van der Waals surface area contributed by atoms with E-state index in [4.69, 9.17) is 25.9 Å². The minimum absolute atomic E-state index is 0.477. The van der Waals surface area contributed by atoms with Crippen LogP contribution in [-0.2, 0) is 0 Å². The Balaban J connectivity index is 1.41. The molecule has 0 atom stereocenters. The molecule has 1 heterocycles. The minimum Gasteiger partial charge on any atom is -0.493 e. The molecule has 6 nitrogen and oxygen atoms in total. The van der Waals surface area contributed by atoms with Crippen molar-refractivity contribution in [1.82, 2.24) is 15.2 Å². The minimum atomic E-state index is 0.477. The van der Waals surface area contributed by atoms with Gasteiger partial charge in [-0.15, -0.1) is 10.2 Å². The van der Waals surface area contributed by atoms with Crippen molar-refractivity contribution in [3.8, 4) is 17.2 Å². The van der Waals surface area contributed by atoms with Gasteiger partial charge in [-0.1, -0.05) is 17.7 Å². The zero-order valence-electron chi connectivity index (χ0n) is 12.8. The molecule has 0 amide bonds. The maximum Gasteiger partial charge on any atom is 0.128 e. The Morgan fingerprint density at radius 1 is 0.875 bits per heavy atom. The van der Waals surface area contributed by atoms with E-state index in [0.29, 0.717) is 24.0 Å². The van der Waals surface area contributed by atoms with Crippen LogP contribution in [0.15, 0.2) is 60.9 Å². The summed E-state index contributed by atoms with van der Waals surface area (Å²) >= 11 is 5.93. The molecule has 0 unspecified atom stereocenters. The van der Waals surface area contributed by atoms with Crippen LogP contribution >= 0.6 is 11.6 Å². The van der Waals surface area contributed by atoms with E-state index in [1.807, 2.05) is 36.4 Å². The molecule has 0 radical (unpaired) electrons. The molecule has 0 bridgehead atoms. The maximum atomic E-state index is 5.93. The highest BCUT2D eigenvalue weighted by molar-refractivity contribution is 6.30. The number of rotatable bonds is 8. The molecule has 0 N–H and O–H groups in total. The van der Waals surface area contributed by atoms with E-state index in [1.165, 1.54) is 4.96 Å². The van der Waals surface area contributed by atoms with E-state index < -0.39 is 0 Å². The van der Waals surface area contributed by atoms with Gasteiger partial charge in [-0.3, -0.25) is 0 Å². The predicted octanol–water partition coefficient (Wildman–Crippen LogP) is 3.62. The fourth-order valence-corrected chi connectivity index (χ4v) is 2.12. The zero-order chi connectivity index (χ0) is 16.6. The molecule has 1 aromatic heterocycles. The molecular formula is C17H16ClN3O3. The lowest BCUT2D eigenvalue weighted by Gasteiger charge is -2.09. The Hall–Kier alpha value is -2.73. The predicted molar refractivity (Wildman–Crippen MR) is 89.5 cm³/mol. The molecule has 7 heteroatoms. The third-order valence-corrected chi connectivity index (χ3v) is 3.25. The molecule has 0 aliphatic rings. The molecule has 124 valence electrons. The topological polar surface area (TPSA) is 58.4 Å². The van der Waals surface area contributed by atoms with E-state index in [-0.39, 0.29) is 0 Å². The van der Waals surface area contributed by atoms with Crippen molar-refractivity contribution >= 4 is 11.6 Å². The van der Waals surface area contributed by atoms with Crippen LogP contribution in [0.25, 0.3) is 0 Å². The first-order valence-electron chi connectivity index (χ1n) is 7.45. The van der Waals surface area contributed by atoms with Gasteiger partial charge in [-0.25, -0.2) is 0 Å². The van der Waals surface area contributed by atoms with Crippen molar-refractivity contribution < 1.29 is 14.3 Å². The summed E-state index contributed by atoms with van der Waals surface area (Å²) < 4.78 is 11.4. The SMILES string of the molecule is Clc1cccc(Oc2ccc(OCCCOn3nccn3)cc2)c1. The number of aromatic nitrogens is 3. The smallest absolute Gasteiger partial charge is 0.128 e. The molecule has 0 aliphatic carbocycles. The average Bonchev–Trinajstić information content (AvgIpc) is 3.09. The van der Waals surface area contributed by atoms with E-state index in [9.17, 15) is 0 Å². The van der Waals surface area contributed by atoms with Gasteiger partial charge in [0, 0.05) is 11.4 Å². The van der Waals surface area contributed by atoms with Crippen LogP contribution in [0.5, 0.6) is 17.2 Å². The number of hydrogen-bond donors (Lipinski definition) is 0. The van der Waals surface area contributed by atoms with Crippen molar-refractivity contribution in [3.63, 3.8) is 0 Å². The van der Waals surface area contributed by atoms with Crippen LogP contribution < -0.4 is 14.3 Å². The second kappa shape index (κ2) is 8.21. The summed E-state index contributed by atoms with van der Waals surface area (Å²) in [4.78, 5) is 6.45. The highest BCUT2D eigenvalue weighted by Crippen LogP contribution is 2.25. The van der Waals surface area contributed by atoms with E-state index in [2.05, 4.69) is 10.2 Å². The first kappa shape index (κ1) is 16.1. The number of nitrogens with zero attached hydrogens (tertiary/aromatic N) is 3. The van der Waals surface area contributed by atoms with Gasteiger partial charge in [0.15, 0.2) is 0 Å². The van der Waals surface area contributed by atoms with Gasteiger partial charge < -0.3 is 14.3 Å². The lowest BCUT2D eigenvalue weighted by atomic mass is 10.3. The van der Waals surface area contributed by atoms with Gasteiger partial charge >= 0.3 is 0 Å². The molecule has 24 heavy (non-hydrogen) atoms. The molecule has 0 saturated carbocycles. The lowest BCUT2D eigenvalue weighted by Crippen LogP contribution is -2.17. The molecule has 0 fully saturated rings. The summed E-state index contributed by atoms with van der Waals surface area (Å²) in [6.07, 6.45) is 3.84. The third-order valence-electron chi connectivity index (χ3n) is 3.02. The molecule has 2 aromatic carbocycles. The van der Waals surface area contributed by atoms with Crippen molar-refractivity contribution in [2.24, 2.45) is 0 Å². The standard InChI is InChI=1S/C17H16ClN3O3/c18-14-3-1-4-17(13-14)24-16-7-5-15(6-8-16)22-11-2-12-23-21-19-9-10-20-21/h1,3-10,13H,2,11-12H2. The van der Waals surface area contributed by atoms with Crippen LogP contribution in [0.1, 0.15) is 6.42 Å². The maximum absolute atomic E-state index is 5.93. The molecular weight excluding hydrogens is 330 g/mol. The monoisotopic (exact) mass is 345 g/mol. The number of benzene rings is 2. The molecule has 3 aromatic rings. The highest BCUT2D eigenvalue weighted by Gasteiger charge is 2.00. The summed E-state index contributed by atoms with van der Waals surface area (Å²) in [6.45, 7) is 1.01. The van der Waals surface area contributed by atoms with Crippen LogP contribution in [0.4, 0.5) is 0 Å². The van der Waals surface area contributed by atoms with Gasteiger partial charge in [0.1, 0.15) is 23.9 Å². The van der Waals surface area contributed by atoms with Crippen molar-refractivity contribution in [1.29, 1.82) is 0 Å². The summed E-state index contributed by atoms with van der Waals surface area (Å²) in [5, 5.41) is 8.32. The Morgan fingerprint density at radius 2 is 1.62 bits per heavy atom. The molecule has 0 saturated heterocycles. The molecule has 0 aliphatic heterocycles. The fourth-order valence-electron chi connectivity index (χ4n) is 1.94. The molecule has 0 spiro atoms. The van der Waals surface area contributed by atoms with Gasteiger partial charge in [-0.2, -0.15) is 0 Å². The zero-order valence-corrected chi connectivity index (χ0v) is 13.6. The lowest BCUT2D eigenvalue weighted by molar-refractivity contribution is 0.0463. The summed E-state index contributed by atoms with van der Waals surface area (Å²) in [7, 11) is 0. The second-order valence-electron chi connectivity index (χ2n) is 4.85. The first-order valence-corrected chi connectivity index (χ1v) is 7.83. The molecule has 3 rings (SSSR count). The first-order chi connectivity index (χ1) is 11.8. The Labute approximate surface area is 144 Å². The second-order valence-corrected chi connectivity index (χ2v) is 5.28. The van der Waals surface area contributed by atoms with Gasteiger partial charge in [0.05, 0.1) is 19.0 Å². The van der Waals surface area contributed by atoms with Crippen LogP contribution in [-0.4, -0.2) is 28.4 Å². The Morgan fingerprint density at radius 3 is 2.38 bits per heavy atom. The third kappa shape index (κ3) is 4.89. The number of hydrogen-bond acceptors (Lipinski definition) is 5. The van der Waals surface area contributed by atoms with Gasteiger partial charge in [-0.05, 0) is 47.4 Å². The number of ether oxygens (including phenoxy) is 2.